The maximum Gasteiger partial charge on any atom is 0.320 e. The Bertz CT molecular complexity index is 1120. The summed E-state index contributed by atoms with van der Waals surface area (Å²) in [5, 5.41) is 29.1. The van der Waals surface area contributed by atoms with Gasteiger partial charge in [-0.05, 0) is 35.9 Å². The zero-order valence-electron chi connectivity index (χ0n) is 14.6. The second-order valence-corrected chi connectivity index (χ2v) is 7.20. The van der Waals surface area contributed by atoms with Crippen molar-refractivity contribution in [1.29, 1.82) is 0 Å². The third-order valence-corrected chi connectivity index (χ3v) is 4.48. The number of phenols is 1. The summed E-state index contributed by atoms with van der Waals surface area (Å²) in [6.45, 7) is 0.243. The van der Waals surface area contributed by atoms with Crippen LogP contribution in [-0.4, -0.2) is 31.9 Å². The molecule has 2 N–H and O–H groups in total. The van der Waals surface area contributed by atoms with Crippen LogP contribution in [0, 0.1) is 10.1 Å². The Morgan fingerprint density at radius 1 is 1.38 bits per heavy atom. The van der Waals surface area contributed by atoms with E-state index >= 15 is 0 Å². The Labute approximate surface area is 177 Å². The van der Waals surface area contributed by atoms with Gasteiger partial charge in [0.1, 0.15) is 11.9 Å². The van der Waals surface area contributed by atoms with Crippen LogP contribution >= 0.6 is 27.5 Å². The van der Waals surface area contributed by atoms with Gasteiger partial charge >= 0.3 is 5.69 Å². The second kappa shape index (κ2) is 8.84. The summed E-state index contributed by atoms with van der Waals surface area (Å²) in [7, 11) is 0. The summed E-state index contributed by atoms with van der Waals surface area (Å²) in [6.07, 6.45) is 2.35. The van der Waals surface area contributed by atoms with Gasteiger partial charge < -0.3 is 5.11 Å². The highest BCUT2D eigenvalue weighted by Crippen LogP contribution is 2.20. The Kier molecular flexibility index (Phi) is 6.25. The number of carbonyl (C=O) groups is 1. The fourth-order valence-electron chi connectivity index (χ4n) is 2.45. The molecule has 3 aromatic rings. The van der Waals surface area contributed by atoms with Crippen molar-refractivity contribution in [3.8, 4) is 5.75 Å². The highest BCUT2D eigenvalue weighted by molar-refractivity contribution is 9.10. The predicted molar refractivity (Wildman–Crippen MR) is 110 cm³/mol. The number of rotatable bonds is 6. The van der Waals surface area contributed by atoms with Crippen molar-refractivity contribution < 1.29 is 14.8 Å². The van der Waals surface area contributed by atoms with E-state index < -0.39 is 16.5 Å². The molecule has 148 valence electrons. The summed E-state index contributed by atoms with van der Waals surface area (Å²) >= 11 is 9.19. The van der Waals surface area contributed by atoms with Crippen molar-refractivity contribution in [2.75, 3.05) is 0 Å². The molecule has 0 bridgehead atoms. The molecule has 0 atom stereocenters. The van der Waals surface area contributed by atoms with Gasteiger partial charge in [0.25, 0.3) is 5.91 Å². The number of hydrazone groups is 1. The summed E-state index contributed by atoms with van der Waals surface area (Å²) in [5.41, 5.74) is 2.46. The smallest absolute Gasteiger partial charge is 0.320 e. The maximum atomic E-state index is 12.3. The van der Waals surface area contributed by atoms with Crippen LogP contribution in [0.5, 0.6) is 5.75 Å². The zero-order valence-corrected chi connectivity index (χ0v) is 17.0. The molecule has 1 aromatic heterocycles. The molecule has 9 nitrogen and oxygen atoms in total. The lowest BCUT2D eigenvalue weighted by molar-refractivity contribution is -0.385. The molecule has 0 radical (unpaired) electrons. The van der Waals surface area contributed by atoms with Gasteiger partial charge in [-0.2, -0.15) is 10.2 Å². The number of carbonyl (C=O) groups excluding carboxylic acids is 1. The van der Waals surface area contributed by atoms with Crippen LogP contribution < -0.4 is 5.43 Å². The maximum absolute atomic E-state index is 12.3. The first-order chi connectivity index (χ1) is 13.8. The standard InChI is InChI=1S/C18H13BrClN5O4/c19-13-3-1-2-11(6-13)9-24-10-15(25(28)29)17(23-24)18(27)22-21-8-12-7-14(20)4-5-16(12)26/h1-8,10,26H,9H2,(H,22,27). The Balaban J connectivity index is 1.78. The zero-order chi connectivity index (χ0) is 21.0. The minimum atomic E-state index is -0.859. The van der Waals surface area contributed by atoms with Gasteiger partial charge in [-0.25, -0.2) is 5.43 Å². The number of hydrogen-bond acceptors (Lipinski definition) is 6. The fourth-order valence-corrected chi connectivity index (χ4v) is 3.08. The van der Waals surface area contributed by atoms with E-state index in [0.717, 1.165) is 10.0 Å². The van der Waals surface area contributed by atoms with E-state index in [2.05, 4.69) is 31.6 Å². The van der Waals surface area contributed by atoms with E-state index in [0.29, 0.717) is 5.02 Å². The quantitative estimate of drug-likeness (QED) is 0.317. The molecular formula is C18H13BrClN5O4. The average Bonchev–Trinajstić information content (AvgIpc) is 3.09. The molecule has 29 heavy (non-hydrogen) atoms. The van der Waals surface area contributed by atoms with Crippen LogP contribution in [-0.2, 0) is 6.54 Å². The van der Waals surface area contributed by atoms with E-state index in [-0.39, 0.29) is 23.6 Å². The predicted octanol–water partition coefficient (Wildman–Crippen LogP) is 3.73. The first-order valence-electron chi connectivity index (χ1n) is 8.11. The summed E-state index contributed by atoms with van der Waals surface area (Å²) < 4.78 is 2.16. The monoisotopic (exact) mass is 477 g/mol. The molecule has 0 aliphatic heterocycles. The van der Waals surface area contributed by atoms with Crippen molar-refractivity contribution >= 4 is 45.3 Å². The third kappa shape index (κ3) is 5.18. The number of benzene rings is 2. The largest absolute Gasteiger partial charge is 0.507 e. The number of halogens is 2. The van der Waals surface area contributed by atoms with E-state index in [4.69, 9.17) is 11.6 Å². The Hall–Kier alpha value is -3.24. The van der Waals surface area contributed by atoms with E-state index in [1.807, 2.05) is 24.3 Å². The van der Waals surface area contributed by atoms with Gasteiger partial charge in [-0.1, -0.05) is 39.7 Å². The number of phenolic OH excluding ortho intramolecular Hbond substituents is 1. The number of nitro groups is 1. The highest BCUT2D eigenvalue weighted by atomic mass is 79.9. The number of nitrogens with zero attached hydrogens (tertiary/aromatic N) is 4. The van der Waals surface area contributed by atoms with Crippen LogP contribution in [0.1, 0.15) is 21.6 Å². The van der Waals surface area contributed by atoms with Gasteiger partial charge in [0, 0.05) is 15.1 Å². The van der Waals surface area contributed by atoms with Crippen molar-refractivity contribution in [2.24, 2.45) is 5.10 Å². The van der Waals surface area contributed by atoms with Gasteiger partial charge in [0.2, 0.25) is 5.69 Å². The Morgan fingerprint density at radius 3 is 2.90 bits per heavy atom. The first-order valence-corrected chi connectivity index (χ1v) is 9.29. The average molecular weight is 479 g/mol. The molecule has 1 heterocycles. The molecule has 3 rings (SSSR count). The summed E-state index contributed by atoms with van der Waals surface area (Å²) in [6, 6.07) is 11.7. The molecule has 0 spiro atoms. The topological polar surface area (TPSA) is 123 Å². The number of aromatic nitrogens is 2. The fraction of sp³-hybridized carbons (Fsp3) is 0.0556. The van der Waals surface area contributed by atoms with Crippen LogP contribution in [0.25, 0.3) is 0 Å². The lowest BCUT2D eigenvalue weighted by Gasteiger charge is -2.02. The summed E-state index contributed by atoms with van der Waals surface area (Å²) in [5.74, 6) is -0.945. The van der Waals surface area contributed by atoms with Crippen LogP contribution in [0.4, 0.5) is 5.69 Å². The lowest BCUT2D eigenvalue weighted by Crippen LogP contribution is -2.19. The van der Waals surface area contributed by atoms with E-state index in [9.17, 15) is 20.0 Å². The normalized spacial score (nSPS) is 11.0. The van der Waals surface area contributed by atoms with Gasteiger partial charge in [0.05, 0.1) is 17.7 Å². The molecular weight excluding hydrogens is 466 g/mol. The van der Waals surface area contributed by atoms with Gasteiger partial charge in [0.15, 0.2) is 0 Å². The number of amides is 1. The van der Waals surface area contributed by atoms with Crippen molar-refractivity contribution in [1.82, 2.24) is 15.2 Å². The molecule has 0 aliphatic rings. The van der Waals surface area contributed by atoms with Gasteiger partial charge in [-0.3, -0.25) is 19.6 Å². The molecule has 0 saturated heterocycles. The molecule has 0 fully saturated rings. The van der Waals surface area contributed by atoms with E-state index in [1.54, 1.807) is 0 Å². The third-order valence-electron chi connectivity index (χ3n) is 3.75. The van der Waals surface area contributed by atoms with Gasteiger partial charge in [-0.15, -0.1) is 0 Å². The molecule has 1 amide bonds. The van der Waals surface area contributed by atoms with E-state index in [1.165, 1.54) is 35.3 Å². The molecule has 2 aromatic carbocycles. The number of nitrogens with one attached hydrogen (secondary N) is 1. The second-order valence-electron chi connectivity index (χ2n) is 5.85. The lowest BCUT2D eigenvalue weighted by atomic mass is 10.2. The summed E-state index contributed by atoms with van der Waals surface area (Å²) in [4.78, 5) is 22.9. The molecule has 0 saturated carbocycles. The minimum Gasteiger partial charge on any atom is -0.507 e. The minimum absolute atomic E-state index is 0.0864. The molecule has 11 heteroatoms. The number of hydrogen-bond donors (Lipinski definition) is 2. The van der Waals surface area contributed by atoms with Crippen LogP contribution in [0.2, 0.25) is 5.02 Å². The SMILES string of the molecule is O=C(NN=Cc1cc(Cl)ccc1O)c1nn(Cc2cccc(Br)c2)cc1[N+](=O)[O-]. The molecule has 0 aliphatic carbocycles. The Morgan fingerprint density at radius 2 is 2.17 bits per heavy atom. The molecule has 0 unspecified atom stereocenters. The number of aromatic hydroxyl groups is 1. The first kappa shape index (κ1) is 20.5. The highest BCUT2D eigenvalue weighted by Gasteiger charge is 2.25. The van der Waals surface area contributed by atoms with Crippen molar-refractivity contribution in [2.45, 2.75) is 6.54 Å². The van der Waals surface area contributed by atoms with Crippen molar-refractivity contribution in [3.63, 3.8) is 0 Å². The van der Waals surface area contributed by atoms with Crippen LogP contribution in [0.3, 0.4) is 0 Å². The van der Waals surface area contributed by atoms with Crippen molar-refractivity contribution in [3.05, 3.63) is 85.1 Å². The van der Waals surface area contributed by atoms with Crippen LogP contribution in [0.15, 0.2) is 58.2 Å².